The first kappa shape index (κ1) is 20.7. The molecule has 1 aromatic heterocycles. The molecule has 30 heavy (non-hydrogen) atoms. The van der Waals surface area contributed by atoms with E-state index in [1.54, 1.807) is 6.07 Å². The number of piperidine rings is 1. The van der Waals surface area contributed by atoms with Gasteiger partial charge in [-0.15, -0.1) is 0 Å². The Morgan fingerprint density at radius 1 is 1.17 bits per heavy atom. The standard InChI is InChI=1S/C20H19FN2O5S2/c1-27-19(24)13-2-5-16(6-3-13)30(25,26)23-10-8-15(9-11-23)28-20-22-17-7-4-14(21)12-18(17)29-20/h2-7,12,15H,8-11H2,1H3. The maximum absolute atomic E-state index is 13.3. The van der Waals surface area contributed by atoms with Gasteiger partial charge in [-0.05, 0) is 55.3 Å². The van der Waals surface area contributed by atoms with Gasteiger partial charge in [-0.3, -0.25) is 0 Å². The minimum atomic E-state index is -3.66. The SMILES string of the molecule is COC(=O)c1ccc(S(=O)(=O)N2CCC(Oc3nc4ccc(F)cc4s3)CC2)cc1. The van der Waals surface area contributed by atoms with Crippen molar-refractivity contribution in [2.24, 2.45) is 0 Å². The van der Waals surface area contributed by atoms with Crippen molar-refractivity contribution in [1.82, 2.24) is 9.29 Å². The van der Waals surface area contributed by atoms with Gasteiger partial charge in [0.05, 0.1) is 27.8 Å². The number of methoxy groups -OCH3 is 1. The molecule has 0 radical (unpaired) electrons. The van der Waals surface area contributed by atoms with Crippen LogP contribution in [-0.4, -0.2) is 50.0 Å². The van der Waals surface area contributed by atoms with Crippen molar-refractivity contribution >= 4 is 37.5 Å². The van der Waals surface area contributed by atoms with Crippen molar-refractivity contribution in [2.45, 2.75) is 23.8 Å². The summed E-state index contributed by atoms with van der Waals surface area (Å²) in [5.74, 6) is -0.842. The van der Waals surface area contributed by atoms with E-state index in [2.05, 4.69) is 9.72 Å². The maximum Gasteiger partial charge on any atom is 0.337 e. The van der Waals surface area contributed by atoms with Gasteiger partial charge in [-0.1, -0.05) is 11.3 Å². The fourth-order valence-electron chi connectivity index (χ4n) is 3.29. The lowest BCUT2D eigenvalue weighted by Gasteiger charge is -2.30. The summed E-state index contributed by atoms with van der Waals surface area (Å²) in [4.78, 5) is 16.0. The summed E-state index contributed by atoms with van der Waals surface area (Å²) >= 11 is 1.27. The van der Waals surface area contributed by atoms with Crippen LogP contribution in [0.2, 0.25) is 0 Å². The first-order chi connectivity index (χ1) is 14.4. The molecule has 7 nitrogen and oxygen atoms in total. The Hall–Kier alpha value is -2.56. The first-order valence-electron chi connectivity index (χ1n) is 9.28. The third-order valence-electron chi connectivity index (χ3n) is 4.91. The molecule has 2 heterocycles. The van der Waals surface area contributed by atoms with E-state index in [9.17, 15) is 17.6 Å². The van der Waals surface area contributed by atoms with Gasteiger partial charge in [-0.25, -0.2) is 22.6 Å². The van der Waals surface area contributed by atoms with E-state index in [0.717, 1.165) is 0 Å². The van der Waals surface area contributed by atoms with Crippen molar-refractivity contribution in [3.05, 3.63) is 53.8 Å². The predicted molar refractivity (Wildman–Crippen MR) is 110 cm³/mol. The number of sulfonamides is 1. The second-order valence-corrected chi connectivity index (χ2v) is 9.76. The Morgan fingerprint density at radius 3 is 2.53 bits per heavy atom. The molecular weight excluding hydrogens is 431 g/mol. The molecule has 4 rings (SSSR count). The van der Waals surface area contributed by atoms with E-state index in [4.69, 9.17) is 4.74 Å². The largest absolute Gasteiger partial charge is 0.467 e. The van der Waals surface area contributed by atoms with Gasteiger partial charge >= 0.3 is 5.97 Å². The fourth-order valence-corrected chi connectivity index (χ4v) is 5.67. The molecule has 158 valence electrons. The van der Waals surface area contributed by atoms with E-state index >= 15 is 0 Å². The zero-order valence-corrected chi connectivity index (χ0v) is 17.7. The molecule has 0 spiro atoms. The molecule has 0 aliphatic carbocycles. The highest BCUT2D eigenvalue weighted by Gasteiger charge is 2.30. The number of aromatic nitrogens is 1. The molecule has 10 heteroatoms. The first-order valence-corrected chi connectivity index (χ1v) is 11.5. The van der Waals surface area contributed by atoms with Crippen LogP contribution < -0.4 is 4.74 Å². The molecule has 0 N–H and O–H groups in total. The van der Waals surface area contributed by atoms with E-state index < -0.39 is 16.0 Å². The number of hydrogen-bond donors (Lipinski definition) is 0. The van der Waals surface area contributed by atoms with Crippen molar-refractivity contribution < 1.29 is 27.1 Å². The van der Waals surface area contributed by atoms with Gasteiger partial charge in [0.2, 0.25) is 10.0 Å². The molecule has 0 saturated carbocycles. The summed E-state index contributed by atoms with van der Waals surface area (Å²) < 4.78 is 51.7. The average molecular weight is 451 g/mol. The third kappa shape index (κ3) is 4.16. The number of halogens is 1. The quantitative estimate of drug-likeness (QED) is 0.554. The van der Waals surface area contributed by atoms with Crippen LogP contribution >= 0.6 is 11.3 Å². The molecule has 3 aromatic rings. The lowest BCUT2D eigenvalue weighted by atomic mass is 10.1. The number of hydrogen-bond acceptors (Lipinski definition) is 7. The molecule has 0 bridgehead atoms. The van der Waals surface area contributed by atoms with Crippen molar-refractivity contribution in [3.63, 3.8) is 0 Å². The number of carbonyl (C=O) groups is 1. The van der Waals surface area contributed by atoms with Crippen LogP contribution in [0, 0.1) is 5.82 Å². The lowest BCUT2D eigenvalue weighted by molar-refractivity contribution is 0.0600. The summed E-state index contributed by atoms with van der Waals surface area (Å²) in [7, 11) is -2.39. The minimum Gasteiger partial charge on any atom is -0.467 e. The monoisotopic (exact) mass is 450 g/mol. The summed E-state index contributed by atoms with van der Waals surface area (Å²) in [6.45, 7) is 0.622. The predicted octanol–water partition coefficient (Wildman–Crippen LogP) is 3.45. The Kier molecular flexibility index (Phi) is 5.72. The molecule has 1 aliphatic heterocycles. The molecule has 0 unspecified atom stereocenters. The van der Waals surface area contributed by atoms with E-state index in [-0.39, 0.29) is 16.8 Å². The number of fused-ring (bicyclic) bond motifs is 1. The molecule has 1 fully saturated rings. The Balaban J connectivity index is 1.39. The maximum atomic E-state index is 13.3. The van der Waals surface area contributed by atoms with Gasteiger partial charge in [-0.2, -0.15) is 4.31 Å². The zero-order valence-electron chi connectivity index (χ0n) is 16.1. The smallest absolute Gasteiger partial charge is 0.337 e. The van der Waals surface area contributed by atoms with Gasteiger partial charge < -0.3 is 9.47 Å². The highest BCUT2D eigenvalue weighted by Crippen LogP contribution is 2.31. The topological polar surface area (TPSA) is 85.8 Å². The van der Waals surface area contributed by atoms with Gasteiger partial charge in [0.25, 0.3) is 5.19 Å². The molecular formula is C20H19FN2O5S2. The second-order valence-electron chi connectivity index (χ2n) is 6.83. The molecule has 0 atom stereocenters. The van der Waals surface area contributed by atoms with Gasteiger partial charge in [0.15, 0.2) is 0 Å². The van der Waals surface area contributed by atoms with Crippen LogP contribution in [0.15, 0.2) is 47.4 Å². The zero-order chi connectivity index (χ0) is 21.3. The summed E-state index contributed by atoms with van der Waals surface area (Å²) in [6.07, 6.45) is 0.872. The molecule has 0 amide bonds. The summed E-state index contributed by atoms with van der Waals surface area (Å²) in [5, 5.41) is 0.454. The van der Waals surface area contributed by atoms with Crippen LogP contribution in [0.25, 0.3) is 10.2 Å². The highest BCUT2D eigenvalue weighted by atomic mass is 32.2. The van der Waals surface area contributed by atoms with E-state index in [0.29, 0.717) is 46.9 Å². The Morgan fingerprint density at radius 2 is 1.87 bits per heavy atom. The molecule has 1 aliphatic rings. The van der Waals surface area contributed by atoms with Crippen LogP contribution in [0.3, 0.4) is 0 Å². The Bertz CT molecular complexity index is 1170. The number of esters is 1. The number of carbonyl (C=O) groups excluding carboxylic acids is 1. The molecule has 1 saturated heterocycles. The van der Waals surface area contributed by atoms with Crippen molar-refractivity contribution in [2.75, 3.05) is 20.2 Å². The number of thiazole rings is 1. The molecule has 2 aromatic carbocycles. The van der Waals surface area contributed by atoms with Crippen LogP contribution in [-0.2, 0) is 14.8 Å². The van der Waals surface area contributed by atoms with E-state index in [1.165, 1.54) is 59.2 Å². The lowest BCUT2D eigenvalue weighted by Crippen LogP contribution is -2.41. The van der Waals surface area contributed by atoms with Crippen molar-refractivity contribution in [3.8, 4) is 5.19 Å². The van der Waals surface area contributed by atoms with Crippen LogP contribution in [0.1, 0.15) is 23.2 Å². The fraction of sp³-hybridized carbons (Fsp3) is 0.300. The number of benzene rings is 2. The van der Waals surface area contributed by atoms with Crippen LogP contribution in [0.4, 0.5) is 4.39 Å². The Labute approximate surface area is 177 Å². The average Bonchev–Trinajstić information content (AvgIpc) is 3.15. The van der Waals surface area contributed by atoms with Gasteiger partial charge in [0.1, 0.15) is 11.9 Å². The second kappa shape index (κ2) is 8.29. The van der Waals surface area contributed by atoms with Crippen LogP contribution in [0.5, 0.6) is 5.19 Å². The summed E-state index contributed by atoms with van der Waals surface area (Å²) in [6, 6.07) is 10.1. The highest BCUT2D eigenvalue weighted by molar-refractivity contribution is 7.89. The normalized spacial score (nSPS) is 15.9. The van der Waals surface area contributed by atoms with Crippen molar-refractivity contribution in [1.29, 1.82) is 0 Å². The van der Waals surface area contributed by atoms with E-state index in [1.807, 2.05) is 0 Å². The number of ether oxygens (including phenoxy) is 2. The third-order valence-corrected chi connectivity index (χ3v) is 7.73. The minimum absolute atomic E-state index is 0.128. The number of rotatable bonds is 5. The van der Waals surface area contributed by atoms with Gasteiger partial charge in [0, 0.05) is 13.1 Å². The number of nitrogens with zero attached hydrogens (tertiary/aromatic N) is 2. The summed E-state index contributed by atoms with van der Waals surface area (Å²) in [5.41, 5.74) is 0.964.